The second-order valence-electron chi connectivity index (χ2n) is 3.54. The molecule has 0 aromatic heterocycles. The van der Waals surface area contributed by atoms with Gasteiger partial charge in [-0.05, 0) is 13.3 Å². The van der Waals surface area contributed by atoms with Crippen molar-refractivity contribution < 1.29 is 24.2 Å². The van der Waals surface area contributed by atoms with E-state index < -0.39 is 12.0 Å². The molecule has 18 heavy (non-hydrogen) atoms. The molecule has 2 atom stereocenters. The fourth-order valence-corrected chi connectivity index (χ4v) is 2.52. The van der Waals surface area contributed by atoms with Crippen LogP contribution < -0.4 is 5.32 Å². The molecule has 104 valence electrons. The highest BCUT2D eigenvalue weighted by Crippen LogP contribution is 2.19. The van der Waals surface area contributed by atoms with E-state index in [9.17, 15) is 14.4 Å². The first kappa shape index (κ1) is 16.8. The molecule has 0 aliphatic carbocycles. The molecule has 0 saturated carbocycles. The van der Waals surface area contributed by atoms with E-state index in [1.54, 1.807) is 6.92 Å². The van der Waals surface area contributed by atoms with E-state index in [1.165, 1.54) is 11.8 Å². The number of carboxylic acids is 1. The molecule has 0 fully saturated rings. The van der Waals surface area contributed by atoms with Crippen LogP contribution in [-0.4, -0.2) is 47.1 Å². The molecule has 0 rings (SSSR count). The summed E-state index contributed by atoms with van der Waals surface area (Å²) in [5, 5.41) is 10.7. The molecule has 0 spiro atoms. The smallest absolute Gasteiger partial charge is 0.327 e. The van der Waals surface area contributed by atoms with Crippen LogP contribution in [0.4, 0.5) is 0 Å². The zero-order valence-electron chi connectivity index (χ0n) is 10.5. The maximum atomic E-state index is 11.6. The quantitative estimate of drug-likeness (QED) is 0.450. The van der Waals surface area contributed by atoms with E-state index >= 15 is 0 Å². The number of hydrogen-bond acceptors (Lipinski definition) is 5. The van der Waals surface area contributed by atoms with Gasteiger partial charge in [0.25, 0.3) is 0 Å². The molecule has 6 nitrogen and oxygen atoms in total. The number of aliphatic carboxylic acids is 1. The second kappa shape index (κ2) is 9.76. The van der Waals surface area contributed by atoms with Crippen LogP contribution in [-0.2, 0) is 19.1 Å². The first-order chi connectivity index (χ1) is 8.56. The third-order valence-corrected chi connectivity index (χ3v) is 3.49. The fourth-order valence-electron chi connectivity index (χ4n) is 1.25. The van der Waals surface area contributed by atoms with Crippen LogP contribution in [0, 0.1) is 0 Å². The van der Waals surface area contributed by atoms with Crippen molar-refractivity contribution in [1.29, 1.82) is 0 Å². The molecular formula is C11H19NO5S. The molecule has 0 aromatic carbocycles. The Morgan fingerprint density at radius 1 is 1.44 bits per heavy atom. The van der Waals surface area contributed by atoms with Crippen LogP contribution in [0.15, 0.2) is 0 Å². The summed E-state index contributed by atoms with van der Waals surface area (Å²) in [6, 6.07) is -0.985. The fraction of sp³-hybridized carbons (Fsp3) is 0.727. The average molecular weight is 277 g/mol. The van der Waals surface area contributed by atoms with Gasteiger partial charge in [-0.15, -0.1) is 11.8 Å². The lowest BCUT2D eigenvalue weighted by Gasteiger charge is -2.17. The van der Waals surface area contributed by atoms with Gasteiger partial charge in [0.05, 0.1) is 6.61 Å². The van der Waals surface area contributed by atoms with Gasteiger partial charge in [0.1, 0.15) is 11.3 Å². The number of amides is 1. The summed E-state index contributed by atoms with van der Waals surface area (Å²) in [5.41, 5.74) is 0. The summed E-state index contributed by atoms with van der Waals surface area (Å²) in [4.78, 5) is 32.6. The third kappa shape index (κ3) is 6.48. The summed E-state index contributed by atoms with van der Waals surface area (Å²) in [6.07, 6.45) is 1.77. The Balaban J connectivity index is 4.34. The Bertz CT molecular complexity index is 285. The number of ether oxygens (including phenoxy) is 1. The van der Waals surface area contributed by atoms with Crippen LogP contribution in [0.3, 0.4) is 0 Å². The van der Waals surface area contributed by atoms with Crippen LogP contribution in [0.2, 0.25) is 0 Å². The van der Waals surface area contributed by atoms with Crippen LogP contribution in [0.5, 0.6) is 0 Å². The van der Waals surface area contributed by atoms with Gasteiger partial charge in [-0.25, -0.2) is 4.79 Å². The van der Waals surface area contributed by atoms with Gasteiger partial charge in [-0.2, -0.15) is 0 Å². The lowest BCUT2D eigenvalue weighted by molar-refractivity contribution is -0.143. The SMILES string of the molecule is CCCC(SCC(NC=O)C(=O)O)C(=O)OCC. The number of rotatable bonds is 10. The van der Waals surface area contributed by atoms with E-state index in [4.69, 9.17) is 9.84 Å². The monoisotopic (exact) mass is 277 g/mol. The number of hydrogen-bond donors (Lipinski definition) is 2. The first-order valence-corrected chi connectivity index (χ1v) is 6.82. The van der Waals surface area contributed by atoms with E-state index in [2.05, 4.69) is 5.32 Å². The minimum atomic E-state index is -1.12. The Labute approximate surface area is 110 Å². The Morgan fingerprint density at radius 2 is 2.11 bits per heavy atom. The van der Waals surface area contributed by atoms with E-state index in [0.717, 1.165) is 6.42 Å². The normalized spacial score (nSPS) is 13.4. The van der Waals surface area contributed by atoms with Crippen LogP contribution in [0.1, 0.15) is 26.7 Å². The highest BCUT2D eigenvalue weighted by atomic mass is 32.2. The number of thioether (sulfide) groups is 1. The van der Waals surface area contributed by atoms with Crippen molar-refractivity contribution in [2.24, 2.45) is 0 Å². The van der Waals surface area contributed by atoms with Crippen molar-refractivity contribution in [3.63, 3.8) is 0 Å². The number of nitrogens with one attached hydrogen (secondary N) is 1. The van der Waals surface area contributed by atoms with E-state index in [0.29, 0.717) is 19.4 Å². The predicted octanol–water partition coefficient (Wildman–Crippen LogP) is 0.651. The highest BCUT2D eigenvalue weighted by Gasteiger charge is 2.23. The zero-order chi connectivity index (χ0) is 14.0. The Kier molecular flexibility index (Phi) is 9.08. The molecule has 0 aromatic rings. The number of carbonyl (C=O) groups is 3. The van der Waals surface area contributed by atoms with Crippen molar-refractivity contribution in [3.8, 4) is 0 Å². The minimum absolute atomic E-state index is 0.136. The first-order valence-electron chi connectivity index (χ1n) is 5.77. The molecule has 0 radical (unpaired) electrons. The zero-order valence-corrected chi connectivity index (χ0v) is 11.4. The van der Waals surface area contributed by atoms with E-state index in [-0.39, 0.29) is 17.0 Å². The molecule has 2 N–H and O–H groups in total. The number of esters is 1. The molecule has 7 heteroatoms. The molecule has 2 unspecified atom stereocenters. The topological polar surface area (TPSA) is 92.7 Å². The van der Waals surface area contributed by atoms with Gasteiger partial charge in [0.2, 0.25) is 6.41 Å². The molecule has 0 saturated heterocycles. The molecule has 0 heterocycles. The largest absolute Gasteiger partial charge is 0.480 e. The number of carboxylic acid groups (broad SMARTS) is 1. The lowest BCUT2D eigenvalue weighted by atomic mass is 10.2. The molecule has 1 amide bonds. The summed E-state index contributed by atoms with van der Waals surface area (Å²) < 4.78 is 4.91. The maximum absolute atomic E-state index is 11.6. The minimum Gasteiger partial charge on any atom is -0.480 e. The van der Waals surface area contributed by atoms with Crippen LogP contribution >= 0.6 is 11.8 Å². The lowest BCUT2D eigenvalue weighted by Crippen LogP contribution is -2.38. The molecule has 0 bridgehead atoms. The highest BCUT2D eigenvalue weighted by molar-refractivity contribution is 8.00. The van der Waals surface area contributed by atoms with Gasteiger partial charge >= 0.3 is 11.9 Å². The second-order valence-corrected chi connectivity index (χ2v) is 4.77. The third-order valence-electron chi connectivity index (χ3n) is 2.13. The van der Waals surface area contributed by atoms with Gasteiger partial charge in [0, 0.05) is 5.75 Å². The summed E-state index contributed by atoms with van der Waals surface area (Å²) in [5.74, 6) is -1.31. The van der Waals surface area contributed by atoms with Crippen molar-refractivity contribution >= 4 is 30.1 Å². The predicted molar refractivity (Wildman–Crippen MR) is 68.4 cm³/mol. The van der Waals surface area contributed by atoms with Gasteiger partial charge in [-0.1, -0.05) is 13.3 Å². The molecular weight excluding hydrogens is 258 g/mol. The van der Waals surface area contributed by atoms with E-state index in [1.807, 2.05) is 6.92 Å². The summed E-state index contributed by atoms with van der Waals surface area (Å²) in [7, 11) is 0. The van der Waals surface area contributed by atoms with Crippen molar-refractivity contribution in [1.82, 2.24) is 5.32 Å². The summed E-state index contributed by atoms with van der Waals surface area (Å²) >= 11 is 1.19. The summed E-state index contributed by atoms with van der Waals surface area (Å²) in [6.45, 7) is 3.96. The Hall–Kier alpha value is -1.24. The molecule has 0 aliphatic rings. The Morgan fingerprint density at radius 3 is 2.56 bits per heavy atom. The van der Waals surface area contributed by atoms with Crippen molar-refractivity contribution in [2.45, 2.75) is 38.0 Å². The maximum Gasteiger partial charge on any atom is 0.327 e. The standard InChI is InChI=1S/C11H19NO5S/c1-3-5-9(11(16)17-4-2)18-6-8(10(14)15)12-7-13/h7-9H,3-6H2,1-2H3,(H,12,13)(H,14,15). The molecule has 0 aliphatic heterocycles. The van der Waals surface area contributed by atoms with Gasteiger partial charge in [0.15, 0.2) is 0 Å². The van der Waals surface area contributed by atoms with Crippen molar-refractivity contribution in [3.05, 3.63) is 0 Å². The number of carbonyl (C=O) groups excluding carboxylic acids is 2. The van der Waals surface area contributed by atoms with Gasteiger partial charge in [-0.3, -0.25) is 9.59 Å². The van der Waals surface area contributed by atoms with Crippen molar-refractivity contribution in [2.75, 3.05) is 12.4 Å². The van der Waals surface area contributed by atoms with Crippen LogP contribution in [0.25, 0.3) is 0 Å². The average Bonchev–Trinajstić information content (AvgIpc) is 2.32. The van der Waals surface area contributed by atoms with Gasteiger partial charge < -0.3 is 15.2 Å².